The van der Waals surface area contributed by atoms with E-state index >= 15 is 0 Å². The number of ether oxygens (including phenoxy) is 1. The summed E-state index contributed by atoms with van der Waals surface area (Å²) in [4.78, 5) is 23.3. The standard InChI is InChI=1S/C21H18ClN3O6S/c1-31-20-11-10-17(25(27)28)13-19(20)23-21(26)14-24(16-7-5-6-15(22)12-16)32(29,30)18-8-3-2-4-9-18/h2-13H,14H2,1H3,(H,23,26). The van der Waals surface area contributed by atoms with Gasteiger partial charge in [0.1, 0.15) is 12.3 Å². The zero-order chi connectivity index (χ0) is 23.3. The molecule has 0 unspecified atom stereocenters. The van der Waals surface area contributed by atoms with Crippen molar-refractivity contribution < 1.29 is 22.9 Å². The van der Waals surface area contributed by atoms with Gasteiger partial charge in [0.05, 0.1) is 28.3 Å². The lowest BCUT2D eigenvalue weighted by molar-refractivity contribution is -0.384. The van der Waals surface area contributed by atoms with Crippen molar-refractivity contribution in [3.63, 3.8) is 0 Å². The predicted molar refractivity (Wildman–Crippen MR) is 121 cm³/mol. The fraction of sp³-hybridized carbons (Fsp3) is 0.0952. The molecule has 0 saturated carbocycles. The number of benzene rings is 3. The molecule has 0 fully saturated rings. The van der Waals surface area contributed by atoms with Crippen LogP contribution in [-0.2, 0) is 14.8 Å². The first-order chi connectivity index (χ1) is 15.2. The summed E-state index contributed by atoms with van der Waals surface area (Å²) in [7, 11) is -2.78. The van der Waals surface area contributed by atoms with Crippen molar-refractivity contribution in [2.24, 2.45) is 0 Å². The number of hydrogen-bond acceptors (Lipinski definition) is 6. The monoisotopic (exact) mass is 475 g/mol. The second kappa shape index (κ2) is 9.67. The fourth-order valence-corrected chi connectivity index (χ4v) is 4.51. The van der Waals surface area contributed by atoms with E-state index in [1.54, 1.807) is 30.3 Å². The van der Waals surface area contributed by atoms with Crippen LogP contribution in [0.2, 0.25) is 5.02 Å². The number of nitrogens with zero attached hydrogens (tertiary/aromatic N) is 2. The number of carbonyl (C=O) groups excluding carboxylic acids is 1. The topological polar surface area (TPSA) is 119 Å². The molecule has 0 aliphatic heterocycles. The molecule has 1 N–H and O–H groups in total. The summed E-state index contributed by atoms with van der Waals surface area (Å²) in [5.74, 6) is -0.549. The van der Waals surface area contributed by atoms with E-state index in [-0.39, 0.29) is 32.7 Å². The summed E-state index contributed by atoms with van der Waals surface area (Å²) in [6, 6.07) is 17.4. The number of nitro groups is 1. The van der Waals surface area contributed by atoms with Gasteiger partial charge in [-0.25, -0.2) is 8.42 Å². The van der Waals surface area contributed by atoms with Crippen LogP contribution < -0.4 is 14.4 Å². The quantitative estimate of drug-likeness (QED) is 0.387. The van der Waals surface area contributed by atoms with E-state index in [1.165, 1.54) is 43.5 Å². The van der Waals surface area contributed by atoms with Gasteiger partial charge in [0.15, 0.2) is 0 Å². The number of anilines is 2. The van der Waals surface area contributed by atoms with E-state index in [4.69, 9.17) is 16.3 Å². The molecule has 0 aliphatic carbocycles. The first kappa shape index (κ1) is 23.0. The van der Waals surface area contributed by atoms with Gasteiger partial charge in [-0.2, -0.15) is 0 Å². The normalized spacial score (nSPS) is 10.9. The van der Waals surface area contributed by atoms with Gasteiger partial charge < -0.3 is 10.1 Å². The number of nitrogens with one attached hydrogen (secondary N) is 1. The Morgan fingerprint density at radius 2 is 1.81 bits per heavy atom. The molecule has 166 valence electrons. The third-order valence-corrected chi connectivity index (χ3v) is 6.41. The van der Waals surface area contributed by atoms with Crippen LogP contribution in [0, 0.1) is 10.1 Å². The van der Waals surface area contributed by atoms with Crippen LogP contribution in [-0.4, -0.2) is 32.9 Å². The average Bonchev–Trinajstić information content (AvgIpc) is 2.77. The maximum Gasteiger partial charge on any atom is 0.271 e. The van der Waals surface area contributed by atoms with E-state index in [2.05, 4.69) is 5.32 Å². The Labute approximate surface area is 189 Å². The number of non-ortho nitro benzene ring substituents is 1. The maximum absolute atomic E-state index is 13.3. The number of amides is 1. The second-order valence-corrected chi connectivity index (χ2v) is 8.79. The SMILES string of the molecule is COc1ccc([N+](=O)[O-])cc1NC(=O)CN(c1cccc(Cl)c1)S(=O)(=O)c1ccccc1. The molecule has 0 spiro atoms. The lowest BCUT2D eigenvalue weighted by Gasteiger charge is -2.24. The minimum Gasteiger partial charge on any atom is -0.495 e. The average molecular weight is 476 g/mol. The molecule has 0 atom stereocenters. The molecule has 0 radical (unpaired) electrons. The summed E-state index contributed by atoms with van der Waals surface area (Å²) in [6.07, 6.45) is 0. The van der Waals surface area contributed by atoms with Crippen molar-refractivity contribution >= 4 is 44.6 Å². The number of hydrogen-bond donors (Lipinski definition) is 1. The van der Waals surface area contributed by atoms with Gasteiger partial charge in [-0.15, -0.1) is 0 Å². The Morgan fingerprint density at radius 1 is 1.09 bits per heavy atom. The number of nitro benzene ring substituents is 1. The lowest BCUT2D eigenvalue weighted by atomic mass is 10.2. The first-order valence-corrected chi connectivity index (χ1v) is 11.0. The summed E-state index contributed by atoms with van der Waals surface area (Å²) in [5, 5.41) is 13.8. The molecule has 3 rings (SSSR count). The van der Waals surface area contributed by atoms with Crippen molar-refractivity contribution in [3.8, 4) is 5.75 Å². The van der Waals surface area contributed by atoms with Gasteiger partial charge in [0, 0.05) is 17.2 Å². The number of methoxy groups -OCH3 is 1. The van der Waals surface area contributed by atoms with Gasteiger partial charge in [0.25, 0.3) is 15.7 Å². The van der Waals surface area contributed by atoms with E-state index in [9.17, 15) is 23.3 Å². The molecule has 0 heterocycles. The smallest absolute Gasteiger partial charge is 0.271 e. The van der Waals surface area contributed by atoms with Crippen LogP contribution in [0.4, 0.5) is 17.1 Å². The van der Waals surface area contributed by atoms with E-state index in [0.717, 1.165) is 10.4 Å². The Balaban J connectivity index is 1.96. The van der Waals surface area contributed by atoms with Gasteiger partial charge in [-0.3, -0.25) is 19.2 Å². The van der Waals surface area contributed by atoms with Crippen LogP contribution in [0.3, 0.4) is 0 Å². The Morgan fingerprint density at radius 3 is 2.44 bits per heavy atom. The van der Waals surface area contributed by atoms with E-state index < -0.39 is 27.4 Å². The zero-order valence-electron chi connectivity index (χ0n) is 16.8. The van der Waals surface area contributed by atoms with Crippen LogP contribution in [0.1, 0.15) is 0 Å². The van der Waals surface area contributed by atoms with Crippen molar-refractivity contribution in [1.82, 2.24) is 0 Å². The molecule has 0 bridgehead atoms. The second-order valence-electron chi connectivity index (χ2n) is 6.49. The molecule has 11 heteroatoms. The van der Waals surface area contributed by atoms with E-state index in [1.807, 2.05) is 0 Å². The van der Waals surface area contributed by atoms with Crippen molar-refractivity contribution in [2.75, 3.05) is 23.3 Å². The third-order valence-electron chi connectivity index (χ3n) is 4.38. The van der Waals surface area contributed by atoms with Crippen LogP contribution in [0.25, 0.3) is 0 Å². The third kappa shape index (κ3) is 5.16. The maximum atomic E-state index is 13.3. The van der Waals surface area contributed by atoms with Crippen LogP contribution in [0.5, 0.6) is 5.75 Å². The van der Waals surface area contributed by atoms with E-state index in [0.29, 0.717) is 0 Å². The lowest BCUT2D eigenvalue weighted by Crippen LogP contribution is -2.38. The van der Waals surface area contributed by atoms with Gasteiger partial charge >= 0.3 is 0 Å². The molecule has 32 heavy (non-hydrogen) atoms. The molecule has 1 amide bonds. The minimum absolute atomic E-state index is 0.0132. The highest BCUT2D eigenvalue weighted by Crippen LogP contribution is 2.30. The highest BCUT2D eigenvalue weighted by molar-refractivity contribution is 7.92. The van der Waals surface area contributed by atoms with Gasteiger partial charge in [-0.05, 0) is 36.4 Å². The number of carbonyl (C=O) groups is 1. The van der Waals surface area contributed by atoms with Crippen molar-refractivity contribution in [2.45, 2.75) is 4.90 Å². The Kier molecular flexibility index (Phi) is 6.96. The van der Waals surface area contributed by atoms with Crippen molar-refractivity contribution in [1.29, 1.82) is 0 Å². The molecule has 0 saturated heterocycles. The Hall–Kier alpha value is -3.63. The highest BCUT2D eigenvalue weighted by atomic mass is 35.5. The van der Waals surface area contributed by atoms with Crippen LogP contribution in [0.15, 0.2) is 77.7 Å². The Bertz CT molecular complexity index is 1250. The number of sulfonamides is 1. The van der Waals surface area contributed by atoms with Crippen LogP contribution >= 0.6 is 11.6 Å². The summed E-state index contributed by atoms with van der Waals surface area (Å²) >= 11 is 6.04. The minimum atomic E-state index is -4.12. The molecule has 3 aromatic rings. The zero-order valence-corrected chi connectivity index (χ0v) is 18.3. The molecule has 0 aliphatic rings. The highest BCUT2D eigenvalue weighted by Gasteiger charge is 2.28. The fourth-order valence-electron chi connectivity index (χ4n) is 2.89. The van der Waals surface area contributed by atoms with Gasteiger partial charge in [-0.1, -0.05) is 35.9 Å². The first-order valence-electron chi connectivity index (χ1n) is 9.18. The molecular formula is C21H18ClN3O6S. The summed E-state index contributed by atoms with van der Waals surface area (Å²) in [6.45, 7) is -0.608. The number of halogens is 1. The molecule has 0 aromatic heterocycles. The van der Waals surface area contributed by atoms with Crippen molar-refractivity contribution in [3.05, 3.63) is 87.9 Å². The summed E-state index contributed by atoms with van der Waals surface area (Å²) in [5.41, 5.74) is -0.0398. The molecule has 3 aromatic carbocycles. The predicted octanol–water partition coefficient (Wildman–Crippen LogP) is 4.09. The molecular weight excluding hydrogens is 458 g/mol. The summed E-state index contributed by atoms with van der Waals surface area (Å²) < 4.78 is 32.6. The number of rotatable bonds is 8. The molecule has 9 nitrogen and oxygen atoms in total. The largest absolute Gasteiger partial charge is 0.495 e. The van der Waals surface area contributed by atoms with Gasteiger partial charge in [0.2, 0.25) is 5.91 Å².